The molecule has 5 nitrogen and oxygen atoms in total. The van der Waals surface area contributed by atoms with Gasteiger partial charge in [0.15, 0.2) is 0 Å². The first kappa shape index (κ1) is 16.3. The van der Waals surface area contributed by atoms with Crippen molar-refractivity contribution in [3.63, 3.8) is 0 Å². The van der Waals surface area contributed by atoms with Crippen molar-refractivity contribution in [2.75, 3.05) is 5.75 Å². The van der Waals surface area contributed by atoms with Crippen LogP contribution in [0.3, 0.4) is 0 Å². The number of benzene rings is 1. The van der Waals surface area contributed by atoms with Crippen molar-refractivity contribution in [2.24, 2.45) is 5.16 Å². The average Bonchev–Trinajstić information content (AvgIpc) is 2.96. The minimum atomic E-state index is -3.67. The van der Waals surface area contributed by atoms with Gasteiger partial charge in [0.2, 0.25) is 0 Å². The highest BCUT2D eigenvalue weighted by Crippen LogP contribution is 2.32. The molecule has 0 saturated heterocycles. The maximum absolute atomic E-state index is 11.4. The molecule has 0 bridgehead atoms. The molecule has 1 aromatic carbocycles. The molecule has 0 fully saturated rings. The third-order valence-corrected chi connectivity index (χ3v) is 4.83. The minimum absolute atomic E-state index is 0.163. The van der Waals surface area contributed by atoms with E-state index >= 15 is 0 Å². The largest absolute Gasteiger partial charge is 0.328 e. The molecule has 2 rings (SSSR count). The lowest BCUT2D eigenvalue weighted by molar-refractivity contribution is 0.341. The molecule has 0 aromatic heterocycles. The zero-order chi connectivity index (χ0) is 16.2. The van der Waals surface area contributed by atoms with Crippen LogP contribution in [0.15, 0.2) is 46.5 Å². The average molecular weight is 334 g/mol. The molecule has 1 aliphatic heterocycles. The van der Waals surface area contributed by atoms with Crippen molar-refractivity contribution >= 4 is 32.5 Å². The normalized spacial score (nSPS) is 18.3. The summed E-state index contributed by atoms with van der Waals surface area (Å²) < 4.78 is 27.4. The molecule has 114 valence electrons. The second-order valence-corrected chi connectivity index (χ2v) is 7.19. The van der Waals surface area contributed by atoms with Crippen molar-refractivity contribution in [1.29, 1.82) is 5.26 Å². The molecule has 0 unspecified atom stereocenters. The second kappa shape index (κ2) is 6.81. The first-order valence-corrected chi connectivity index (χ1v) is 8.97. The Morgan fingerprint density at radius 3 is 2.77 bits per heavy atom. The van der Waals surface area contributed by atoms with E-state index in [1.165, 1.54) is 18.7 Å². The van der Waals surface area contributed by atoms with E-state index in [2.05, 4.69) is 15.5 Å². The Morgan fingerprint density at radius 1 is 1.41 bits per heavy atom. The number of aryl methyl sites for hydroxylation is 1. The molecule has 1 aromatic rings. The summed E-state index contributed by atoms with van der Waals surface area (Å²) in [5.41, 5.74) is 2.75. The number of rotatable bonds is 4. The van der Waals surface area contributed by atoms with Gasteiger partial charge in [0, 0.05) is 5.57 Å². The summed E-state index contributed by atoms with van der Waals surface area (Å²) in [6.07, 6.45) is 1.73. The Balaban J connectivity index is 2.47. The van der Waals surface area contributed by atoms with Crippen molar-refractivity contribution in [3.05, 3.63) is 52.4 Å². The number of allylic oxidation sites excluding steroid dienone is 2. The van der Waals surface area contributed by atoms with Gasteiger partial charge in [-0.05, 0) is 36.5 Å². The number of thioether (sulfide) groups is 1. The standard InChI is InChI=1S/C15H14N2O3S2/c1-3-22(18,19)20-17-15-13(8-9-21-15)14(10-16)12-7-5-4-6-11(12)2/h4-9H,3H2,1-2H3. The van der Waals surface area contributed by atoms with E-state index in [1.54, 1.807) is 11.5 Å². The highest BCUT2D eigenvalue weighted by atomic mass is 32.2. The molecule has 0 aliphatic carbocycles. The number of nitrogens with zero attached hydrogens (tertiary/aromatic N) is 2. The summed E-state index contributed by atoms with van der Waals surface area (Å²) in [6, 6.07) is 9.67. The van der Waals surface area contributed by atoms with Gasteiger partial charge in [0.1, 0.15) is 11.1 Å². The summed E-state index contributed by atoms with van der Waals surface area (Å²) in [4.78, 5) is 0. The Morgan fingerprint density at radius 2 is 2.14 bits per heavy atom. The van der Waals surface area contributed by atoms with Gasteiger partial charge in [-0.15, -0.1) is 0 Å². The molecule has 0 saturated carbocycles. The molecule has 1 aliphatic rings. The van der Waals surface area contributed by atoms with Crippen LogP contribution >= 0.6 is 11.8 Å². The van der Waals surface area contributed by atoms with Gasteiger partial charge in [-0.1, -0.05) is 41.2 Å². The van der Waals surface area contributed by atoms with Gasteiger partial charge in [0.05, 0.1) is 11.3 Å². The van der Waals surface area contributed by atoms with Crippen molar-refractivity contribution < 1.29 is 12.7 Å². The van der Waals surface area contributed by atoms with Crippen LogP contribution in [-0.2, 0) is 14.4 Å². The van der Waals surface area contributed by atoms with Gasteiger partial charge >= 0.3 is 10.1 Å². The summed E-state index contributed by atoms with van der Waals surface area (Å²) >= 11 is 1.22. The lowest BCUT2D eigenvalue weighted by atomic mass is 9.97. The van der Waals surface area contributed by atoms with Crippen LogP contribution in [-0.4, -0.2) is 19.2 Å². The highest BCUT2D eigenvalue weighted by molar-refractivity contribution is 8.17. The van der Waals surface area contributed by atoms with E-state index in [0.717, 1.165) is 11.1 Å². The van der Waals surface area contributed by atoms with Crippen LogP contribution in [0.25, 0.3) is 5.57 Å². The quantitative estimate of drug-likeness (QED) is 0.624. The Hall–Kier alpha value is -2.04. The number of oxime groups is 1. The van der Waals surface area contributed by atoms with Crippen molar-refractivity contribution in [1.82, 2.24) is 0 Å². The van der Waals surface area contributed by atoms with E-state index < -0.39 is 10.1 Å². The van der Waals surface area contributed by atoms with Gasteiger partial charge in [0.25, 0.3) is 0 Å². The molecule has 22 heavy (non-hydrogen) atoms. The predicted octanol–water partition coefficient (Wildman–Crippen LogP) is 3.21. The number of nitriles is 1. The van der Waals surface area contributed by atoms with Crippen LogP contribution in [0.2, 0.25) is 0 Å². The fourth-order valence-electron chi connectivity index (χ4n) is 1.82. The van der Waals surface area contributed by atoms with Gasteiger partial charge in [-0.3, -0.25) is 4.28 Å². The third-order valence-electron chi connectivity index (χ3n) is 3.03. The van der Waals surface area contributed by atoms with E-state index in [4.69, 9.17) is 0 Å². The van der Waals surface area contributed by atoms with Crippen LogP contribution in [0.1, 0.15) is 18.1 Å². The molecular formula is C15H14N2O3S2. The number of hydrogen-bond donors (Lipinski definition) is 0. The zero-order valence-corrected chi connectivity index (χ0v) is 13.7. The molecule has 7 heteroatoms. The molecular weight excluding hydrogens is 320 g/mol. The Kier molecular flexibility index (Phi) is 5.06. The maximum Gasteiger partial charge on any atom is 0.328 e. The van der Waals surface area contributed by atoms with E-state index in [9.17, 15) is 13.7 Å². The van der Waals surface area contributed by atoms with Crippen molar-refractivity contribution in [2.45, 2.75) is 13.8 Å². The van der Waals surface area contributed by atoms with E-state index in [1.807, 2.05) is 31.2 Å². The molecule has 1 heterocycles. The molecule has 0 N–H and O–H groups in total. The van der Waals surface area contributed by atoms with Crippen LogP contribution in [0, 0.1) is 18.3 Å². The molecule has 0 spiro atoms. The van der Waals surface area contributed by atoms with Gasteiger partial charge in [-0.25, -0.2) is 0 Å². The van der Waals surface area contributed by atoms with Crippen LogP contribution in [0.4, 0.5) is 0 Å². The molecule has 0 radical (unpaired) electrons. The lowest BCUT2D eigenvalue weighted by Crippen LogP contribution is -2.06. The molecule has 0 amide bonds. The molecule has 0 atom stereocenters. The SMILES string of the molecule is CCS(=O)(=O)ON=C1SC=CC1=C(C#N)c1ccccc1C. The van der Waals surface area contributed by atoms with Crippen LogP contribution < -0.4 is 0 Å². The first-order valence-electron chi connectivity index (χ1n) is 6.51. The van der Waals surface area contributed by atoms with E-state index in [-0.39, 0.29) is 5.75 Å². The third kappa shape index (κ3) is 3.59. The lowest BCUT2D eigenvalue weighted by Gasteiger charge is -2.07. The summed E-state index contributed by atoms with van der Waals surface area (Å²) in [6.45, 7) is 3.38. The number of hydrogen-bond acceptors (Lipinski definition) is 6. The first-order chi connectivity index (χ1) is 10.5. The Bertz CT molecular complexity index is 815. The second-order valence-electron chi connectivity index (χ2n) is 4.45. The topological polar surface area (TPSA) is 79.5 Å². The summed E-state index contributed by atoms with van der Waals surface area (Å²) in [5, 5.41) is 15.3. The monoisotopic (exact) mass is 334 g/mol. The zero-order valence-electron chi connectivity index (χ0n) is 12.1. The highest BCUT2D eigenvalue weighted by Gasteiger charge is 2.20. The van der Waals surface area contributed by atoms with Crippen molar-refractivity contribution in [3.8, 4) is 6.07 Å². The van der Waals surface area contributed by atoms with Crippen LogP contribution in [0.5, 0.6) is 0 Å². The van der Waals surface area contributed by atoms with E-state index in [0.29, 0.717) is 16.2 Å². The minimum Gasteiger partial charge on any atom is -0.267 e. The Labute approximate surface area is 134 Å². The maximum atomic E-state index is 11.4. The van der Waals surface area contributed by atoms with Gasteiger partial charge < -0.3 is 0 Å². The summed E-state index contributed by atoms with van der Waals surface area (Å²) in [5.74, 6) is -0.163. The smallest absolute Gasteiger partial charge is 0.267 e. The predicted molar refractivity (Wildman–Crippen MR) is 88.4 cm³/mol. The van der Waals surface area contributed by atoms with Gasteiger partial charge in [-0.2, -0.15) is 13.7 Å². The fraction of sp³-hybridized carbons (Fsp3) is 0.200. The fourth-order valence-corrected chi connectivity index (χ4v) is 2.88. The summed E-state index contributed by atoms with van der Waals surface area (Å²) in [7, 11) is -3.67.